The predicted octanol–water partition coefficient (Wildman–Crippen LogP) is 2.32. The summed E-state index contributed by atoms with van der Waals surface area (Å²) in [6.07, 6.45) is 0. The first kappa shape index (κ1) is 20.5. The van der Waals surface area contributed by atoms with E-state index in [9.17, 15) is 19.6 Å². The van der Waals surface area contributed by atoms with Crippen molar-refractivity contribution in [3.63, 3.8) is 0 Å². The number of fused-ring (bicyclic) bond motifs is 1. The Morgan fingerprint density at radius 3 is 2.81 bits per heavy atom. The summed E-state index contributed by atoms with van der Waals surface area (Å²) in [5, 5.41) is 12.1. The van der Waals surface area contributed by atoms with Crippen molar-refractivity contribution in [2.45, 2.75) is 13.0 Å². The highest BCUT2D eigenvalue weighted by molar-refractivity contribution is 6.39. The van der Waals surface area contributed by atoms with Gasteiger partial charge in [0, 0.05) is 43.1 Å². The van der Waals surface area contributed by atoms with Crippen molar-refractivity contribution in [3.05, 3.63) is 57.5 Å². The van der Waals surface area contributed by atoms with Crippen molar-refractivity contribution in [3.8, 4) is 6.07 Å². The number of nitrogens with one attached hydrogen (secondary N) is 2. The minimum atomic E-state index is -0.768. The average molecular weight is 440 g/mol. The number of rotatable bonds is 2. The molecule has 2 aromatic carbocycles. The van der Waals surface area contributed by atoms with Crippen LogP contribution in [-0.2, 0) is 9.59 Å². The van der Waals surface area contributed by atoms with Crippen molar-refractivity contribution in [1.29, 1.82) is 5.26 Å². The number of anilines is 2. The Morgan fingerprint density at radius 1 is 1.26 bits per heavy atom. The van der Waals surface area contributed by atoms with E-state index in [0.717, 1.165) is 5.69 Å². The molecule has 158 valence electrons. The van der Waals surface area contributed by atoms with Crippen LogP contribution in [0, 0.1) is 11.3 Å². The highest BCUT2D eigenvalue weighted by Crippen LogP contribution is 2.25. The van der Waals surface area contributed by atoms with Gasteiger partial charge in [-0.3, -0.25) is 14.6 Å². The van der Waals surface area contributed by atoms with Crippen molar-refractivity contribution in [2.24, 2.45) is 0 Å². The largest absolute Gasteiger partial charge is 0.417 e. The third kappa shape index (κ3) is 4.11. The Bertz CT molecular complexity index is 1270. The maximum atomic E-state index is 12.7. The van der Waals surface area contributed by atoms with Crippen LogP contribution in [0.4, 0.5) is 11.4 Å². The van der Waals surface area contributed by atoms with Crippen molar-refractivity contribution in [2.75, 3.05) is 29.9 Å². The van der Waals surface area contributed by atoms with Gasteiger partial charge < -0.3 is 19.5 Å². The van der Waals surface area contributed by atoms with E-state index in [1.807, 2.05) is 17.9 Å². The van der Waals surface area contributed by atoms with Gasteiger partial charge in [-0.1, -0.05) is 11.6 Å². The molecule has 0 saturated carbocycles. The lowest BCUT2D eigenvalue weighted by Crippen LogP contribution is -2.56. The van der Waals surface area contributed by atoms with Gasteiger partial charge in [0.25, 0.3) is 0 Å². The fourth-order valence-electron chi connectivity index (χ4n) is 3.63. The molecule has 1 aromatic heterocycles. The molecule has 2 N–H and O–H groups in total. The quantitative estimate of drug-likeness (QED) is 0.591. The Labute approximate surface area is 181 Å². The zero-order chi connectivity index (χ0) is 22.1. The van der Waals surface area contributed by atoms with Crippen LogP contribution >= 0.6 is 11.6 Å². The van der Waals surface area contributed by atoms with E-state index in [1.54, 1.807) is 24.3 Å². The third-order valence-corrected chi connectivity index (χ3v) is 5.53. The van der Waals surface area contributed by atoms with Crippen molar-refractivity contribution >= 4 is 45.9 Å². The zero-order valence-electron chi connectivity index (χ0n) is 16.5. The van der Waals surface area contributed by atoms with Crippen LogP contribution in [0.25, 0.3) is 11.1 Å². The zero-order valence-corrected chi connectivity index (χ0v) is 17.3. The van der Waals surface area contributed by atoms with Gasteiger partial charge >= 0.3 is 17.6 Å². The lowest BCUT2D eigenvalue weighted by atomic mass is 10.1. The number of H-pyrrole nitrogens is 1. The second-order valence-electron chi connectivity index (χ2n) is 7.25. The van der Waals surface area contributed by atoms with Crippen LogP contribution in [0.5, 0.6) is 0 Å². The fraction of sp³-hybridized carbons (Fsp3) is 0.238. The SMILES string of the molecule is C[C@@H]1CN(c2ccc(Cl)c(C#N)c2)CCN1C(=O)C(=O)Nc1ccc2[nH]c(=O)oc2c1. The van der Waals surface area contributed by atoms with Crippen LogP contribution < -0.4 is 16.0 Å². The summed E-state index contributed by atoms with van der Waals surface area (Å²) < 4.78 is 4.97. The molecule has 1 atom stereocenters. The summed E-state index contributed by atoms with van der Waals surface area (Å²) >= 11 is 6.00. The van der Waals surface area contributed by atoms with Gasteiger partial charge in [-0.2, -0.15) is 5.26 Å². The highest BCUT2D eigenvalue weighted by Gasteiger charge is 2.31. The third-order valence-electron chi connectivity index (χ3n) is 5.20. The van der Waals surface area contributed by atoms with E-state index in [0.29, 0.717) is 41.4 Å². The minimum Gasteiger partial charge on any atom is -0.408 e. The summed E-state index contributed by atoms with van der Waals surface area (Å²) in [5.74, 6) is -2.00. The van der Waals surface area contributed by atoms with Crippen LogP contribution in [0.3, 0.4) is 0 Å². The summed E-state index contributed by atoms with van der Waals surface area (Å²) in [6, 6.07) is 11.7. The standard InChI is InChI=1S/C21H18ClN5O4/c1-12-11-26(15-3-4-16(22)13(8-15)10-23)6-7-27(12)20(29)19(28)24-14-2-5-17-18(9-14)31-21(30)25-17/h2-5,8-9,12H,6-7,11H2,1H3,(H,24,28)(H,25,30)/t12-/m1/s1. The molecular weight excluding hydrogens is 422 g/mol. The van der Waals surface area contributed by atoms with Gasteiger partial charge in [-0.25, -0.2) is 4.79 Å². The van der Waals surface area contributed by atoms with Crippen molar-refractivity contribution in [1.82, 2.24) is 9.88 Å². The first-order chi connectivity index (χ1) is 14.9. The van der Waals surface area contributed by atoms with Gasteiger partial charge in [0.15, 0.2) is 5.58 Å². The van der Waals surface area contributed by atoms with E-state index >= 15 is 0 Å². The number of piperazine rings is 1. The number of amides is 2. The van der Waals surface area contributed by atoms with E-state index in [-0.39, 0.29) is 11.6 Å². The van der Waals surface area contributed by atoms with Crippen molar-refractivity contribution < 1.29 is 14.0 Å². The number of halogens is 1. The molecular formula is C21H18ClN5O4. The number of hydrogen-bond acceptors (Lipinski definition) is 6. The molecule has 0 bridgehead atoms. The fourth-order valence-corrected chi connectivity index (χ4v) is 3.79. The number of carbonyl (C=O) groups is 2. The van der Waals surface area contributed by atoms with Gasteiger partial charge in [0.05, 0.1) is 16.1 Å². The topological polar surface area (TPSA) is 122 Å². The Balaban J connectivity index is 1.42. The van der Waals surface area contributed by atoms with Gasteiger partial charge in [0.2, 0.25) is 0 Å². The molecule has 2 heterocycles. The second-order valence-corrected chi connectivity index (χ2v) is 7.66. The smallest absolute Gasteiger partial charge is 0.408 e. The van der Waals surface area contributed by atoms with Crippen LogP contribution in [0.2, 0.25) is 5.02 Å². The number of nitriles is 1. The molecule has 0 unspecified atom stereocenters. The Morgan fingerprint density at radius 2 is 2.06 bits per heavy atom. The Hall–Kier alpha value is -3.77. The lowest BCUT2D eigenvalue weighted by Gasteiger charge is -2.40. The number of benzene rings is 2. The molecule has 1 saturated heterocycles. The number of aromatic amines is 1. The molecule has 4 rings (SSSR count). The van der Waals surface area contributed by atoms with Crippen LogP contribution in [0.15, 0.2) is 45.6 Å². The molecule has 1 aliphatic heterocycles. The highest BCUT2D eigenvalue weighted by atomic mass is 35.5. The van der Waals surface area contributed by atoms with Crippen LogP contribution in [0.1, 0.15) is 12.5 Å². The molecule has 0 radical (unpaired) electrons. The van der Waals surface area contributed by atoms with Gasteiger partial charge in [-0.15, -0.1) is 0 Å². The average Bonchev–Trinajstić information content (AvgIpc) is 3.12. The molecule has 0 aliphatic carbocycles. The predicted molar refractivity (Wildman–Crippen MR) is 115 cm³/mol. The summed E-state index contributed by atoms with van der Waals surface area (Å²) in [6.45, 7) is 3.23. The van der Waals surface area contributed by atoms with E-state index in [2.05, 4.69) is 16.4 Å². The number of carbonyl (C=O) groups excluding carboxylic acids is 2. The van der Waals surface area contributed by atoms with Crippen LogP contribution in [-0.4, -0.2) is 47.4 Å². The molecule has 10 heteroatoms. The number of oxazole rings is 1. The minimum absolute atomic E-state index is 0.224. The first-order valence-electron chi connectivity index (χ1n) is 9.55. The lowest BCUT2D eigenvalue weighted by molar-refractivity contribution is -0.144. The number of nitrogens with zero attached hydrogens (tertiary/aromatic N) is 3. The molecule has 9 nitrogen and oxygen atoms in total. The molecule has 3 aromatic rings. The molecule has 0 spiro atoms. The molecule has 1 aliphatic rings. The molecule has 1 fully saturated rings. The van der Waals surface area contributed by atoms with E-state index in [1.165, 1.54) is 11.0 Å². The Kier molecular flexibility index (Phi) is 5.40. The second kappa shape index (κ2) is 8.16. The maximum absolute atomic E-state index is 12.7. The monoisotopic (exact) mass is 439 g/mol. The number of aromatic nitrogens is 1. The van der Waals surface area contributed by atoms with Gasteiger partial charge in [-0.05, 0) is 37.3 Å². The summed E-state index contributed by atoms with van der Waals surface area (Å²) in [4.78, 5) is 42.6. The molecule has 2 amide bonds. The van der Waals surface area contributed by atoms with E-state index in [4.69, 9.17) is 16.0 Å². The van der Waals surface area contributed by atoms with Gasteiger partial charge in [0.1, 0.15) is 6.07 Å². The van der Waals surface area contributed by atoms with E-state index < -0.39 is 17.6 Å². The summed E-state index contributed by atoms with van der Waals surface area (Å²) in [7, 11) is 0. The molecule has 31 heavy (non-hydrogen) atoms. The first-order valence-corrected chi connectivity index (χ1v) is 9.93. The normalized spacial score (nSPS) is 16.2. The summed E-state index contributed by atoms with van der Waals surface area (Å²) in [5.41, 5.74) is 2.37. The maximum Gasteiger partial charge on any atom is 0.417 e. The number of hydrogen-bond donors (Lipinski definition) is 2.